The molecule has 4 aromatic carbocycles. The van der Waals surface area contributed by atoms with Crippen LogP contribution in [0.15, 0.2) is 91.5 Å². The van der Waals surface area contributed by atoms with Crippen LogP contribution in [0.2, 0.25) is 0 Å². The van der Waals surface area contributed by atoms with Crippen LogP contribution in [0.5, 0.6) is 0 Å². The second-order valence-electron chi connectivity index (χ2n) is 7.05. The number of fused-ring (bicyclic) bond motifs is 2. The molecule has 0 saturated carbocycles. The molecule has 0 atom stereocenters. The van der Waals surface area contributed by atoms with Crippen molar-refractivity contribution in [2.75, 3.05) is 13.3 Å². The van der Waals surface area contributed by atoms with Gasteiger partial charge in [0.2, 0.25) is 0 Å². The standard InChI is InChI=1S/C11H12P.C11H11.C5H8.Ti/c1-12(2)11-7-9-5-3-4-6-10(9)8-11;1-8-6-7-9(2)11-5-3-4-10(8)11;1-3-5-4-2;/h3-8H,1-2H3;3-7H,1-2H3;3-5H,1H2,2H3;/q2*-1;;+2/b;;5-4+;. The molecule has 0 amide bonds. The van der Waals surface area contributed by atoms with Crippen LogP contribution in [-0.4, -0.2) is 13.3 Å². The zero-order valence-corrected chi connectivity index (χ0v) is 20.7. The summed E-state index contributed by atoms with van der Waals surface area (Å²) in [6.07, 6.45) is 5.58. The van der Waals surface area contributed by atoms with Crippen molar-refractivity contribution in [3.05, 3.63) is 103 Å². The van der Waals surface area contributed by atoms with Crippen LogP contribution in [0.4, 0.5) is 0 Å². The topological polar surface area (TPSA) is 0 Å². The quantitative estimate of drug-likeness (QED) is 0.130. The maximum Gasteiger partial charge on any atom is 2.00 e. The van der Waals surface area contributed by atoms with Crippen LogP contribution < -0.4 is 5.30 Å². The molecule has 4 rings (SSSR count). The Kier molecular flexibility index (Phi) is 11.1. The van der Waals surface area contributed by atoms with E-state index in [2.05, 4.69) is 100 Å². The number of rotatable bonds is 2. The summed E-state index contributed by atoms with van der Waals surface area (Å²) in [6, 6.07) is 24.0. The van der Waals surface area contributed by atoms with Crippen molar-refractivity contribution in [2.24, 2.45) is 0 Å². The molecule has 0 saturated heterocycles. The Bertz CT molecular complexity index is 978. The first kappa shape index (κ1) is 25.3. The zero-order valence-electron chi connectivity index (χ0n) is 18.2. The fraction of sp³-hybridized carbons (Fsp3) is 0.185. The van der Waals surface area contributed by atoms with Crippen molar-refractivity contribution in [3.8, 4) is 0 Å². The average molecular weight is 434 g/mol. The summed E-state index contributed by atoms with van der Waals surface area (Å²) in [5, 5.41) is 7.05. The molecule has 0 bridgehead atoms. The fourth-order valence-corrected chi connectivity index (χ4v) is 3.86. The summed E-state index contributed by atoms with van der Waals surface area (Å²) in [5.41, 5.74) is 2.74. The van der Waals surface area contributed by atoms with Gasteiger partial charge in [-0.15, -0.1) is 76.7 Å². The summed E-state index contributed by atoms with van der Waals surface area (Å²) in [4.78, 5) is 0. The summed E-state index contributed by atoms with van der Waals surface area (Å²) in [6.45, 7) is 14.3. The Balaban J connectivity index is 0.000000232. The van der Waals surface area contributed by atoms with Crippen LogP contribution in [0.1, 0.15) is 18.1 Å². The largest absolute Gasteiger partial charge is 2.00 e. The number of hydrogen-bond donors (Lipinski definition) is 0. The first-order valence-corrected chi connectivity index (χ1v) is 11.9. The monoisotopic (exact) mass is 434 g/mol. The molecule has 0 fully saturated rings. The van der Waals surface area contributed by atoms with Gasteiger partial charge in [-0.05, 0) is 27.2 Å². The average Bonchev–Trinajstić information content (AvgIpc) is 3.34. The van der Waals surface area contributed by atoms with Crippen LogP contribution in [-0.2, 0) is 21.7 Å². The molecule has 0 nitrogen and oxygen atoms in total. The van der Waals surface area contributed by atoms with Crippen molar-refractivity contribution < 1.29 is 21.7 Å². The number of allylic oxidation sites excluding steroid dienone is 3. The molecular formula is C27H31PTi. The molecule has 0 unspecified atom stereocenters. The number of hydrogen-bond acceptors (Lipinski definition) is 0. The van der Waals surface area contributed by atoms with Crippen LogP contribution in [0.3, 0.4) is 0 Å². The van der Waals surface area contributed by atoms with Gasteiger partial charge in [0.1, 0.15) is 0 Å². The number of benzene rings is 2. The summed E-state index contributed by atoms with van der Waals surface area (Å²) >= 11 is 0. The first-order valence-electron chi connectivity index (χ1n) is 9.66. The molecule has 4 aromatic rings. The maximum absolute atomic E-state index is 3.46. The molecule has 0 aromatic heterocycles. The molecule has 0 aliphatic rings. The molecule has 0 N–H and O–H groups in total. The predicted octanol–water partition coefficient (Wildman–Crippen LogP) is 7.85. The summed E-state index contributed by atoms with van der Waals surface area (Å²) in [7, 11) is 0.0576. The second-order valence-corrected chi connectivity index (χ2v) is 9.36. The van der Waals surface area contributed by atoms with E-state index in [0.29, 0.717) is 0 Å². The molecule has 0 heterocycles. The van der Waals surface area contributed by atoms with E-state index in [-0.39, 0.29) is 29.6 Å². The van der Waals surface area contributed by atoms with Gasteiger partial charge in [-0.2, -0.15) is 18.2 Å². The van der Waals surface area contributed by atoms with Crippen molar-refractivity contribution in [3.63, 3.8) is 0 Å². The van der Waals surface area contributed by atoms with Crippen molar-refractivity contribution in [1.82, 2.24) is 0 Å². The third kappa shape index (κ3) is 7.24. The molecule has 29 heavy (non-hydrogen) atoms. The second kappa shape index (κ2) is 12.8. The SMILES string of the molecule is C=C/C=C/C.CP(C)c1cc2ccccc2[cH-]1.Cc1ccc(C)c2[cH-]ccc12.[Ti+2]. The molecule has 2 heteroatoms. The van der Waals surface area contributed by atoms with E-state index < -0.39 is 0 Å². The maximum atomic E-state index is 3.46. The normalized spacial score (nSPS) is 10.3. The number of aryl methyl sites for hydroxylation is 2. The van der Waals surface area contributed by atoms with E-state index in [4.69, 9.17) is 0 Å². The van der Waals surface area contributed by atoms with E-state index >= 15 is 0 Å². The molecule has 148 valence electrons. The third-order valence-electron chi connectivity index (χ3n) is 4.70. The van der Waals surface area contributed by atoms with E-state index in [1.807, 2.05) is 19.1 Å². The van der Waals surface area contributed by atoms with Crippen LogP contribution >= 0.6 is 7.92 Å². The summed E-state index contributed by atoms with van der Waals surface area (Å²) < 4.78 is 0. The van der Waals surface area contributed by atoms with Gasteiger partial charge in [-0.1, -0.05) is 49.4 Å². The minimum absolute atomic E-state index is 0. The molecule has 0 radical (unpaired) electrons. The van der Waals surface area contributed by atoms with Crippen molar-refractivity contribution >= 4 is 34.8 Å². The van der Waals surface area contributed by atoms with Gasteiger partial charge in [-0.3, -0.25) is 0 Å². The Morgan fingerprint density at radius 2 is 1.66 bits per heavy atom. The van der Waals surface area contributed by atoms with Crippen LogP contribution in [0.25, 0.3) is 21.5 Å². The minimum Gasteiger partial charge on any atom is -0.168 e. The third-order valence-corrected chi connectivity index (χ3v) is 5.99. The Hall–Kier alpha value is -1.72. The first-order chi connectivity index (χ1) is 13.5. The van der Waals surface area contributed by atoms with Gasteiger partial charge in [0.05, 0.1) is 0 Å². The van der Waals surface area contributed by atoms with Gasteiger partial charge in [0.15, 0.2) is 0 Å². The summed E-state index contributed by atoms with van der Waals surface area (Å²) in [5.74, 6) is 0. The van der Waals surface area contributed by atoms with Gasteiger partial charge >= 0.3 is 21.7 Å². The van der Waals surface area contributed by atoms with Gasteiger partial charge in [0, 0.05) is 0 Å². The molecule has 0 aliphatic carbocycles. The van der Waals surface area contributed by atoms with E-state index in [1.54, 1.807) is 6.08 Å². The smallest absolute Gasteiger partial charge is 0.168 e. The Morgan fingerprint density at radius 1 is 0.966 bits per heavy atom. The Morgan fingerprint density at radius 3 is 2.21 bits per heavy atom. The Labute approximate surface area is 192 Å². The fourth-order valence-electron chi connectivity index (χ4n) is 3.07. The van der Waals surface area contributed by atoms with Gasteiger partial charge < -0.3 is 0 Å². The van der Waals surface area contributed by atoms with Crippen LogP contribution in [0, 0.1) is 13.8 Å². The van der Waals surface area contributed by atoms with E-state index in [9.17, 15) is 0 Å². The molecular weight excluding hydrogens is 403 g/mol. The van der Waals surface area contributed by atoms with Gasteiger partial charge in [-0.25, -0.2) is 0 Å². The molecule has 0 aliphatic heterocycles. The van der Waals surface area contributed by atoms with Crippen molar-refractivity contribution in [1.29, 1.82) is 0 Å². The predicted molar refractivity (Wildman–Crippen MR) is 132 cm³/mol. The zero-order chi connectivity index (χ0) is 20.5. The van der Waals surface area contributed by atoms with E-state index in [1.165, 1.54) is 38.0 Å². The van der Waals surface area contributed by atoms with E-state index in [0.717, 1.165) is 0 Å². The molecule has 0 spiro atoms. The minimum atomic E-state index is 0. The van der Waals surface area contributed by atoms with Gasteiger partial charge in [0.25, 0.3) is 0 Å². The van der Waals surface area contributed by atoms with Crippen molar-refractivity contribution in [2.45, 2.75) is 20.8 Å².